The van der Waals surface area contributed by atoms with Crippen molar-refractivity contribution in [2.45, 2.75) is 37.8 Å². The molecule has 2 aliphatic heterocycles. The fourth-order valence-corrected chi connectivity index (χ4v) is 3.22. The minimum absolute atomic E-state index is 0.192. The number of hydrogen-bond acceptors (Lipinski definition) is 3. The van der Waals surface area contributed by atoms with Crippen LogP contribution in [0.4, 0.5) is 0 Å². The largest absolute Gasteiger partial charge is 0.342 e. The van der Waals surface area contributed by atoms with Gasteiger partial charge in [0.1, 0.15) is 0 Å². The fourth-order valence-electron chi connectivity index (χ4n) is 3.01. The van der Waals surface area contributed by atoms with Crippen LogP contribution < -0.4 is 0 Å². The Morgan fingerprint density at radius 2 is 2.09 bits per heavy atom. The monoisotopic (exact) mass is 329 g/mol. The number of likely N-dealkylation sites (tertiary alicyclic amines) is 1. The van der Waals surface area contributed by atoms with Gasteiger partial charge in [0, 0.05) is 43.8 Å². The topological polar surface area (TPSA) is 45.0 Å². The maximum atomic E-state index is 12.2. The first kappa shape index (κ1) is 16.0. The van der Waals surface area contributed by atoms with Crippen LogP contribution in [0.15, 0.2) is 34.5 Å². The summed E-state index contributed by atoms with van der Waals surface area (Å²) in [6, 6.07) is 7.91. The average molecular weight is 330 g/mol. The summed E-state index contributed by atoms with van der Waals surface area (Å²) >= 11 is 6.18. The second-order valence-electron chi connectivity index (χ2n) is 6.35. The number of rotatable bonds is 7. The van der Waals surface area contributed by atoms with Gasteiger partial charge in [-0.1, -0.05) is 29.8 Å². The first-order valence-electron chi connectivity index (χ1n) is 8.00. The van der Waals surface area contributed by atoms with E-state index in [1.807, 2.05) is 23.1 Å². The molecule has 0 aromatic heterocycles. The van der Waals surface area contributed by atoms with Gasteiger partial charge >= 0.3 is 0 Å². The molecule has 1 aromatic rings. The molecule has 120 valence electrons. The lowest BCUT2D eigenvalue weighted by molar-refractivity contribution is -0.137. The summed E-state index contributed by atoms with van der Waals surface area (Å²) in [5.74, 6) is 3.30. The van der Waals surface area contributed by atoms with Crippen LogP contribution in [-0.2, 0) is 11.2 Å². The van der Waals surface area contributed by atoms with Crippen molar-refractivity contribution in [2.24, 2.45) is 16.1 Å². The van der Waals surface area contributed by atoms with Gasteiger partial charge in [0.2, 0.25) is 5.91 Å². The van der Waals surface area contributed by atoms with E-state index < -0.39 is 0 Å². The summed E-state index contributed by atoms with van der Waals surface area (Å²) in [6.07, 6.45) is 8.79. The normalized spacial score (nSPS) is 18.3. The molecule has 0 bridgehead atoms. The summed E-state index contributed by atoms with van der Waals surface area (Å²) < 4.78 is 0. The van der Waals surface area contributed by atoms with Crippen molar-refractivity contribution in [2.75, 3.05) is 13.1 Å². The molecule has 1 fully saturated rings. The number of benzene rings is 1. The van der Waals surface area contributed by atoms with E-state index >= 15 is 0 Å². The van der Waals surface area contributed by atoms with Crippen molar-refractivity contribution in [1.82, 2.24) is 4.90 Å². The van der Waals surface area contributed by atoms with Crippen LogP contribution >= 0.6 is 11.6 Å². The van der Waals surface area contributed by atoms with E-state index in [1.54, 1.807) is 0 Å². The fraction of sp³-hybridized carbons (Fsp3) is 0.500. The predicted molar refractivity (Wildman–Crippen MR) is 90.1 cm³/mol. The van der Waals surface area contributed by atoms with Crippen molar-refractivity contribution in [3.05, 3.63) is 34.9 Å². The Balaban J connectivity index is 1.39. The van der Waals surface area contributed by atoms with Gasteiger partial charge in [0.05, 0.1) is 0 Å². The summed E-state index contributed by atoms with van der Waals surface area (Å²) in [7, 11) is 0. The lowest BCUT2D eigenvalue weighted by atomic mass is 9.91. The molecule has 5 heteroatoms. The number of amides is 1. The summed E-state index contributed by atoms with van der Waals surface area (Å²) in [5, 5.41) is 8.95. The maximum absolute atomic E-state index is 12.2. The highest BCUT2D eigenvalue weighted by Gasteiger charge is 2.40. The average Bonchev–Trinajstić information content (AvgIpc) is 3.28. The summed E-state index contributed by atoms with van der Waals surface area (Å²) in [5.41, 5.74) is 0.805. The predicted octanol–water partition coefficient (Wildman–Crippen LogP) is 3.70. The molecule has 23 heavy (non-hydrogen) atoms. The second kappa shape index (κ2) is 6.72. The second-order valence-corrected chi connectivity index (χ2v) is 6.75. The van der Waals surface area contributed by atoms with Crippen molar-refractivity contribution in [3.63, 3.8) is 0 Å². The highest BCUT2D eigenvalue weighted by Crippen LogP contribution is 2.38. The van der Waals surface area contributed by atoms with E-state index in [4.69, 9.17) is 18.0 Å². The van der Waals surface area contributed by atoms with E-state index in [1.165, 1.54) is 0 Å². The number of carbonyl (C=O) groups is 1. The quantitative estimate of drug-likeness (QED) is 0.703. The molecule has 0 aliphatic carbocycles. The molecule has 2 heterocycles. The number of carbonyl (C=O) groups excluding carboxylic acids is 1. The molecule has 0 unspecified atom stereocenters. The molecular weight excluding hydrogens is 310 g/mol. The molecule has 0 radical (unpaired) electrons. The van der Waals surface area contributed by atoms with Crippen molar-refractivity contribution in [3.8, 4) is 12.3 Å². The molecule has 4 nitrogen and oxygen atoms in total. The lowest BCUT2D eigenvalue weighted by Gasteiger charge is -2.39. The Hall–Kier alpha value is -1.86. The van der Waals surface area contributed by atoms with Crippen LogP contribution in [0, 0.1) is 18.3 Å². The van der Waals surface area contributed by atoms with Gasteiger partial charge in [0.25, 0.3) is 0 Å². The third kappa shape index (κ3) is 3.92. The Morgan fingerprint density at radius 3 is 2.74 bits per heavy atom. The minimum Gasteiger partial charge on any atom is -0.342 e. The molecule has 0 saturated carbocycles. The smallest absolute Gasteiger partial charge is 0.222 e. The first-order chi connectivity index (χ1) is 11.1. The molecule has 1 aromatic carbocycles. The SMILES string of the molecule is C#CCCC1(CCC(=O)N2CC(Cc3ccccc3Cl)C2)N=N1. The molecule has 0 N–H and O–H groups in total. The molecule has 1 amide bonds. The van der Waals surface area contributed by atoms with Crippen LogP contribution in [-0.4, -0.2) is 29.6 Å². The molecule has 0 spiro atoms. The van der Waals surface area contributed by atoms with Crippen LogP contribution in [0.5, 0.6) is 0 Å². The van der Waals surface area contributed by atoms with E-state index in [9.17, 15) is 4.79 Å². The summed E-state index contributed by atoms with van der Waals surface area (Å²) in [6.45, 7) is 1.63. The van der Waals surface area contributed by atoms with Crippen LogP contribution in [0.2, 0.25) is 5.02 Å². The maximum Gasteiger partial charge on any atom is 0.222 e. The van der Waals surface area contributed by atoms with Crippen molar-refractivity contribution in [1.29, 1.82) is 0 Å². The summed E-state index contributed by atoms with van der Waals surface area (Å²) in [4.78, 5) is 14.1. The van der Waals surface area contributed by atoms with E-state index in [2.05, 4.69) is 22.2 Å². The van der Waals surface area contributed by atoms with Crippen LogP contribution in [0.25, 0.3) is 0 Å². The van der Waals surface area contributed by atoms with Gasteiger partial charge in [-0.3, -0.25) is 4.79 Å². The van der Waals surface area contributed by atoms with Crippen molar-refractivity contribution < 1.29 is 4.79 Å². The highest BCUT2D eigenvalue weighted by molar-refractivity contribution is 6.31. The van der Waals surface area contributed by atoms with Gasteiger partial charge in [-0.25, -0.2) is 0 Å². The van der Waals surface area contributed by atoms with Gasteiger partial charge in [-0.2, -0.15) is 10.2 Å². The van der Waals surface area contributed by atoms with E-state index in [0.29, 0.717) is 25.2 Å². The number of halogens is 1. The standard InChI is InChI=1S/C18H20ClN3O/c1-2-3-9-18(20-21-18)10-8-17(23)22-12-14(13-22)11-15-6-4-5-7-16(15)19/h1,4-7,14H,3,8-13H2. The van der Waals surface area contributed by atoms with Crippen LogP contribution in [0.3, 0.4) is 0 Å². The molecular formula is C18H20ClN3O. The van der Waals surface area contributed by atoms with Crippen LogP contribution in [0.1, 0.15) is 31.2 Å². The third-order valence-corrected chi connectivity index (χ3v) is 4.94. The number of terminal acetylenes is 1. The molecule has 3 rings (SSSR count). The Kier molecular flexibility index (Phi) is 4.68. The third-order valence-electron chi connectivity index (χ3n) is 4.57. The van der Waals surface area contributed by atoms with Gasteiger partial charge in [-0.15, -0.1) is 12.3 Å². The Bertz CT molecular complexity index is 652. The number of hydrogen-bond donors (Lipinski definition) is 0. The highest BCUT2D eigenvalue weighted by atomic mass is 35.5. The van der Waals surface area contributed by atoms with Gasteiger partial charge in [0.15, 0.2) is 5.66 Å². The minimum atomic E-state index is -0.357. The van der Waals surface area contributed by atoms with Gasteiger partial charge < -0.3 is 4.90 Å². The Morgan fingerprint density at radius 1 is 1.35 bits per heavy atom. The molecule has 0 atom stereocenters. The van der Waals surface area contributed by atoms with E-state index in [-0.39, 0.29) is 11.6 Å². The van der Waals surface area contributed by atoms with Crippen molar-refractivity contribution >= 4 is 17.5 Å². The lowest BCUT2D eigenvalue weighted by Crippen LogP contribution is -2.50. The van der Waals surface area contributed by atoms with E-state index in [0.717, 1.165) is 36.5 Å². The first-order valence-corrected chi connectivity index (χ1v) is 8.38. The molecule has 2 aliphatic rings. The Labute approximate surface area is 141 Å². The zero-order valence-electron chi connectivity index (χ0n) is 13.0. The number of nitrogens with zero attached hydrogens (tertiary/aromatic N) is 3. The van der Waals surface area contributed by atoms with Gasteiger partial charge in [-0.05, 0) is 24.0 Å². The zero-order chi connectivity index (χ0) is 16.3. The molecule has 1 saturated heterocycles. The zero-order valence-corrected chi connectivity index (χ0v) is 13.8.